The van der Waals surface area contributed by atoms with Gasteiger partial charge in [0.2, 0.25) is 11.8 Å². The van der Waals surface area contributed by atoms with Crippen LogP contribution in [-0.4, -0.2) is 78.2 Å². The molecule has 0 radical (unpaired) electrons. The van der Waals surface area contributed by atoms with Crippen LogP contribution in [0, 0.1) is 0 Å². The number of carbonyl (C=O) groups excluding carboxylic acids is 4. The highest BCUT2D eigenvalue weighted by molar-refractivity contribution is 6.22. The highest BCUT2D eigenvalue weighted by Gasteiger charge is 2.37. The van der Waals surface area contributed by atoms with Crippen molar-refractivity contribution in [2.24, 2.45) is 0 Å². The first kappa shape index (κ1) is 20.6. The van der Waals surface area contributed by atoms with E-state index < -0.39 is 11.8 Å². The maximum atomic E-state index is 12.7. The molecule has 160 valence electrons. The zero-order valence-corrected chi connectivity index (χ0v) is 17.2. The Balaban J connectivity index is 1.29. The normalized spacial score (nSPS) is 15.8. The molecule has 0 N–H and O–H groups in total. The van der Waals surface area contributed by atoms with E-state index in [1.807, 2.05) is 24.3 Å². The van der Waals surface area contributed by atoms with Crippen LogP contribution >= 0.6 is 0 Å². The molecule has 8 nitrogen and oxygen atoms in total. The number of hydrogen-bond acceptors (Lipinski definition) is 5. The summed E-state index contributed by atoms with van der Waals surface area (Å²) in [5.41, 5.74) is 1.55. The van der Waals surface area contributed by atoms with E-state index in [1.54, 1.807) is 41.2 Å². The molecule has 2 aliphatic heterocycles. The van der Waals surface area contributed by atoms with Gasteiger partial charge < -0.3 is 14.5 Å². The summed E-state index contributed by atoms with van der Waals surface area (Å²) in [5, 5.41) is 0. The van der Waals surface area contributed by atoms with Gasteiger partial charge in [0.15, 0.2) is 0 Å². The highest BCUT2D eigenvalue weighted by atomic mass is 16.5. The summed E-state index contributed by atoms with van der Waals surface area (Å²) in [4.78, 5) is 54.5. The summed E-state index contributed by atoms with van der Waals surface area (Å²) in [6.07, 6.45) is 0.285. The smallest absolute Gasteiger partial charge is 0.262 e. The van der Waals surface area contributed by atoms with E-state index in [2.05, 4.69) is 0 Å². The van der Waals surface area contributed by atoms with Gasteiger partial charge in [-0.25, -0.2) is 0 Å². The predicted molar refractivity (Wildman–Crippen MR) is 112 cm³/mol. The molecule has 0 bridgehead atoms. The van der Waals surface area contributed by atoms with Crippen LogP contribution in [0.1, 0.15) is 26.3 Å². The Labute approximate surface area is 180 Å². The van der Waals surface area contributed by atoms with Gasteiger partial charge in [-0.2, -0.15) is 0 Å². The van der Waals surface area contributed by atoms with Crippen LogP contribution in [0.15, 0.2) is 48.5 Å². The second kappa shape index (κ2) is 8.59. The average molecular weight is 421 g/mol. The minimum absolute atomic E-state index is 0.00221. The summed E-state index contributed by atoms with van der Waals surface area (Å²) < 4.78 is 5.13. The number of methoxy groups -OCH3 is 1. The molecule has 2 aromatic carbocycles. The summed E-state index contributed by atoms with van der Waals surface area (Å²) in [6, 6.07) is 13.9. The second-order valence-corrected chi connectivity index (χ2v) is 7.53. The maximum Gasteiger partial charge on any atom is 0.262 e. The average Bonchev–Trinajstić information content (AvgIpc) is 3.04. The lowest BCUT2D eigenvalue weighted by molar-refractivity contribution is -0.139. The van der Waals surface area contributed by atoms with Gasteiger partial charge in [0.05, 0.1) is 24.7 Å². The molecule has 2 heterocycles. The van der Waals surface area contributed by atoms with Gasteiger partial charge >= 0.3 is 0 Å². The lowest BCUT2D eigenvalue weighted by Gasteiger charge is -2.35. The van der Waals surface area contributed by atoms with Gasteiger partial charge in [-0.15, -0.1) is 0 Å². The first-order valence-electron chi connectivity index (χ1n) is 10.1. The summed E-state index contributed by atoms with van der Waals surface area (Å²) in [5.74, 6) is -0.444. The Bertz CT molecular complexity index is 991. The minimum atomic E-state index is -0.442. The predicted octanol–water partition coefficient (Wildman–Crippen LogP) is 1.20. The number of rotatable bonds is 5. The lowest BCUT2D eigenvalue weighted by Crippen LogP contribution is -2.53. The monoisotopic (exact) mass is 421 g/mol. The van der Waals surface area contributed by atoms with Crippen LogP contribution in [0.5, 0.6) is 5.75 Å². The van der Waals surface area contributed by atoms with Gasteiger partial charge in [-0.3, -0.25) is 24.1 Å². The molecule has 0 saturated carbocycles. The molecular formula is C23H23N3O5. The molecule has 0 atom stereocenters. The van der Waals surface area contributed by atoms with Crippen molar-refractivity contribution in [2.75, 3.05) is 39.8 Å². The number of fused-ring (bicyclic) bond motifs is 1. The van der Waals surface area contributed by atoms with E-state index >= 15 is 0 Å². The van der Waals surface area contributed by atoms with Crippen LogP contribution in [0.2, 0.25) is 0 Å². The molecule has 0 unspecified atom stereocenters. The van der Waals surface area contributed by atoms with Crippen molar-refractivity contribution in [3.05, 3.63) is 65.2 Å². The van der Waals surface area contributed by atoms with Gasteiger partial charge in [0, 0.05) is 26.2 Å². The van der Waals surface area contributed by atoms with Crippen LogP contribution < -0.4 is 4.74 Å². The molecule has 4 rings (SSSR count). The van der Waals surface area contributed by atoms with E-state index in [9.17, 15) is 19.2 Å². The Morgan fingerprint density at radius 1 is 0.806 bits per heavy atom. The second-order valence-electron chi connectivity index (χ2n) is 7.53. The number of amides is 4. The first-order chi connectivity index (χ1) is 15.0. The number of nitrogens with zero attached hydrogens (tertiary/aromatic N) is 3. The molecule has 1 saturated heterocycles. The molecule has 2 aromatic rings. The van der Waals surface area contributed by atoms with Crippen LogP contribution in [-0.2, 0) is 16.0 Å². The molecular weight excluding hydrogens is 398 g/mol. The fraction of sp³-hybridized carbons (Fsp3) is 0.304. The van der Waals surface area contributed by atoms with Crippen molar-refractivity contribution in [1.82, 2.24) is 14.7 Å². The van der Waals surface area contributed by atoms with E-state index in [-0.39, 0.29) is 24.8 Å². The van der Waals surface area contributed by atoms with Crippen molar-refractivity contribution in [2.45, 2.75) is 6.42 Å². The van der Waals surface area contributed by atoms with E-state index in [0.29, 0.717) is 37.3 Å². The third-order valence-electron chi connectivity index (χ3n) is 5.67. The summed E-state index contributed by atoms with van der Waals surface area (Å²) >= 11 is 0. The van der Waals surface area contributed by atoms with Gasteiger partial charge in [-0.1, -0.05) is 24.3 Å². The van der Waals surface area contributed by atoms with E-state index in [0.717, 1.165) is 16.2 Å². The van der Waals surface area contributed by atoms with Crippen molar-refractivity contribution >= 4 is 23.6 Å². The fourth-order valence-corrected chi connectivity index (χ4v) is 3.85. The van der Waals surface area contributed by atoms with Gasteiger partial charge in [-0.05, 0) is 29.8 Å². The van der Waals surface area contributed by atoms with Crippen molar-refractivity contribution in [1.29, 1.82) is 0 Å². The molecule has 2 aliphatic rings. The van der Waals surface area contributed by atoms with Crippen molar-refractivity contribution < 1.29 is 23.9 Å². The number of piperazine rings is 1. The van der Waals surface area contributed by atoms with Gasteiger partial charge in [0.25, 0.3) is 11.8 Å². The molecule has 0 aliphatic carbocycles. The molecule has 0 spiro atoms. The number of benzene rings is 2. The number of ether oxygens (including phenoxy) is 1. The maximum absolute atomic E-state index is 12.7. The molecule has 0 aromatic heterocycles. The van der Waals surface area contributed by atoms with Crippen molar-refractivity contribution in [3.8, 4) is 5.75 Å². The molecule has 8 heteroatoms. The Kier molecular flexibility index (Phi) is 5.70. The third-order valence-corrected chi connectivity index (χ3v) is 5.67. The largest absolute Gasteiger partial charge is 0.497 e. The Hall–Kier alpha value is -3.68. The fourth-order valence-electron chi connectivity index (χ4n) is 3.85. The van der Waals surface area contributed by atoms with Crippen LogP contribution in [0.4, 0.5) is 0 Å². The molecule has 1 fully saturated rings. The summed E-state index contributed by atoms with van der Waals surface area (Å²) in [7, 11) is 1.59. The summed E-state index contributed by atoms with van der Waals surface area (Å²) in [6.45, 7) is 1.30. The van der Waals surface area contributed by atoms with Crippen LogP contribution in [0.3, 0.4) is 0 Å². The zero-order chi connectivity index (χ0) is 22.0. The number of imide groups is 1. The first-order valence-corrected chi connectivity index (χ1v) is 10.1. The van der Waals surface area contributed by atoms with Crippen molar-refractivity contribution in [3.63, 3.8) is 0 Å². The third kappa shape index (κ3) is 4.14. The Morgan fingerprint density at radius 2 is 1.32 bits per heavy atom. The standard InChI is InChI=1S/C23H23N3O5/c1-31-17-8-6-16(7-9-17)14-20(27)24-10-12-25(13-11-24)21(28)15-26-22(29)18-4-2-3-5-19(18)23(26)30/h2-9H,10-15H2,1H3. The van der Waals surface area contributed by atoms with E-state index in [1.165, 1.54) is 0 Å². The topological polar surface area (TPSA) is 87.2 Å². The quantitative estimate of drug-likeness (QED) is 0.678. The van der Waals surface area contributed by atoms with Crippen LogP contribution in [0.25, 0.3) is 0 Å². The van der Waals surface area contributed by atoms with E-state index in [4.69, 9.17) is 4.74 Å². The number of hydrogen-bond donors (Lipinski definition) is 0. The minimum Gasteiger partial charge on any atom is -0.497 e. The SMILES string of the molecule is COc1ccc(CC(=O)N2CCN(C(=O)CN3C(=O)c4ccccc4C3=O)CC2)cc1. The highest BCUT2D eigenvalue weighted by Crippen LogP contribution is 2.22. The zero-order valence-electron chi connectivity index (χ0n) is 17.2. The molecule has 31 heavy (non-hydrogen) atoms. The van der Waals surface area contributed by atoms with Gasteiger partial charge in [0.1, 0.15) is 12.3 Å². The Morgan fingerprint density at radius 3 is 1.84 bits per heavy atom. The lowest BCUT2D eigenvalue weighted by atomic mass is 10.1. The number of carbonyl (C=O) groups is 4. The molecule has 4 amide bonds.